The Balaban J connectivity index is 2.81. The highest BCUT2D eigenvalue weighted by Crippen LogP contribution is 2.35. The van der Waals surface area contributed by atoms with Crippen LogP contribution in [0.15, 0.2) is 23.8 Å². The molecular weight excluding hydrogens is 176 g/mol. The van der Waals surface area contributed by atoms with E-state index in [-0.39, 0.29) is 12.5 Å². The molecule has 1 aliphatic carbocycles. The van der Waals surface area contributed by atoms with E-state index < -0.39 is 6.10 Å². The van der Waals surface area contributed by atoms with Crippen molar-refractivity contribution in [3.05, 3.63) is 23.8 Å². The predicted molar refractivity (Wildman–Crippen MR) is 57.9 cm³/mol. The molecule has 2 heteroatoms. The van der Waals surface area contributed by atoms with Crippen LogP contribution in [0.3, 0.4) is 0 Å². The molecule has 0 fully saturated rings. The van der Waals surface area contributed by atoms with Crippen LogP contribution in [0.25, 0.3) is 0 Å². The average Bonchev–Trinajstić information content (AvgIpc) is 2.09. The van der Waals surface area contributed by atoms with E-state index in [1.807, 2.05) is 19.9 Å². The van der Waals surface area contributed by atoms with Crippen LogP contribution in [0.1, 0.15) is 26.7 Å². The maximum atomic E-state index is 9.86. The van der Waals surface area contributed by atoms with Crippen molar-refractivity contribution >= 4 is 0 Å². The third-order valence-electron chi connectivity index (χ3n) is 3.05. The van der Waals surface area contributed by atoms with Gasteiger partial charge in [-0.3, -0.25) is 0 Å². The molecule has 2 nitrogen and oxygen atoms in total. The number of rotatable bonds is 3. The molecule has 2 N–H and O–H groups in total. The van der Waals surface area contributed by atoms with Crippen LogP contribution in [0.2, 0.25) is 0 Å². The normalized spacial score (nSPS) is 32.6. The molecule has 1 rings (SSSR count). The van der Waals surface area contributed by atoms with E-state index >= 15 is 0 Å². The summed E-state index contributed by atoms with van der Waals surface area (Å²) in [6, 6.07) is 0. The highest BCUT2D eigenvalue weighted by molar-refractivity contribution is 5.16. The summed E-state index contributed by atoms with van der Waals surface area (Å²) in [6.07, 6.45) is 3.11. The maximum absolute atomic E-state index is 9.86. The van der Waals surface area contributed by atoms with Gasteiger partial charge >= 0.3 is 0 Å². The molecule has 0 bridgehead atoms. The van der Waals surface area contributed by atoms with Crippen LogP contribution in [-0.2, 0) is 0 Å². The van der Waals surface area contributed by atoms with Gasteiger partial charge in [0, 0.05) is 6.61 Å². The number of allylic oxidation sites excluding steroid dienone is 2. The van der Waals surface area contributed by atoms with Crippen LogP contribution in [0.5, 0.6) is 0 Å². The molecule has 0 aliphatic heterocycles. The summed E-state index contributed by atoms with van der Waals surface area (Å²) in [6.45, 7) is 8.13. The number of aliphatic hydroxyl groups excluding tert-OH is 2. The summed E-state index contributed by atoms with van der Waals surface area (Å²) in [5.74, 6) is 0.461. The van der Waals surface area contributed by atoms with Gasteiger partial charge in [-0.1, -0.05) is 23.8 Å². The third-order valence-corrected chi connectivity index (χ3v) is 3.05. The molecule has 0 aromatic rings. The van der Waals surface area contributed by atoms with Crippen molar-refractivity contribution in [2.24, 2.45) is 11.8 Å². The van der Waals surface area contributed by atoms with E-state index in [1.54, 1.807) is 0 Å². The Morgan fingerprint density at radius 1 is 1.64 bits per heavy atom. The summed E-state index contributed by atoms with van der Waals surface area (Å²) >= 11 is 0. The number of aliphatic hydroxyl groups is 2. The van der Waals surface area contributed by atoms with Crippen LogP contribution in [-0.4, -0.2) is 22.9 Å². The van der Waals surface area contributed by atoms with Crippen LogP contribution < -0.4 is 0 Å². The van der Waals surface area contributed by atoms with E-state index in [0.29, 0.717) is 12.3 Å². The minimum absolute atomic E-state index is 0.137. The first kappa shape index (κ1) is 11.5. The van der Waals surface area contributed by atoms with E-state index in [1.165, 1.54) is 5.57 Å². The van der Waals surface area contributed by atoms with Crippen LogP contribution in [0.4, 0.5) is 0 Å². The Labute approximate surface area is 86.0 Å². The first-order chi connectivity index (χ1) is 6.56. The summed E-state index contributed by atoms with van der Waals surface area (Å²) < 4.78 is 0. The first-order valence-corrected chi connectivity index (χ1v) is 5.18. The zero-order chi connectivity index (χ0) is 10.7. The Kier molecular flexibility index (Phi) is 3.90. The molecule has 0 aromatic heterocycles. The van der Waals surface area contributed by atoms with Gasteiger partial charge in [-0.05, 0) is 38.5 Å². The Bertz CT molecular complexity index is 243. The maximum Gasteiger partial charge on any atom is 0.0758 e. The molecule has 0 aromatic carbocycles. The minimum atomic E-state index is -0.419. The lowest BCUT2D eigenvalue weighted by molar-refractivity contribution is 0.0893. The molecule has 0 saturated heterocycles. The first-order valence-electron chi connectivity index (χ1n) is 5.18. The fourth-order valence-electron chi connectivity index (χ4n) is 2.28. The van der Waals surface area contributed by atoms with Crippen molar-refractivity contribution in [1.82, 2.24) is 0 Å². The van der Waals surface area contributed by atoms with Crippen molar-refractivity contribution in [3.8, 4) is 0 Å². The Morgan fingerprint density at radius 2 is 2.29 bits per heavy atom. The molecule has 0 unspecified atom stereocenters. The second-order valence-corrected chi connectivity index (χ2v) is 4.34. The summed E-state index contributed by atoms with van der Waals surface area (Å²) in [7, 11) is 0. The Morgan fingerprint density at radius 3 is 2.79 bits per heavy atom. The second-order valence-electron chi connectivity index (χ2n) is 4.34. The SMILES string of the molecule is C=C(C)[C@@H]1CC(C)=C[C@H](O)[C@H]1CCO. The van der Waals surface area contributed by atoms with E-state index in [4.69, 9.17) is 5.11 Å². The third kappa shape index (κ3) is 2.46. The average molecular weight is 196 g/mol. The quantitative estimate of drug-likeness (QED) is 0.677. The largest absolute Gasteiger partial charge is 0.396 e. The van der Waals surface area contributed by atoms with Gasteiger partial charge in [0.25, 0.3) is 0 Å². The topological polar surface area (TPSA) is 40.5 Å². The summed E-state index contributed by atoms with van der Waals surface area (Å²) in [4.78, 5) is 0. The van der Waals surface area contributed by atoms with Gasteiger partial charge in [-0.2, -0.15) is 0 Å². The lowest BCUT2D eigenvalue weighted by atomic mass is 9.74. The highest BCUT2D eigenvalue weighted by atomic mass is 16.3. The number of hydrogen-bond donors (Lipinski definition) is 2. The minimum Gasteiger partial charge on any atom is -0.396 e. The lowest BCUT2D eigenvalue weighted by Crippen LogP contribution is -2.32. The van der Waals surface area contributed by atoms with Gasteiger partial charge in [0.1, 0.15) is 0 Å². The van der Waals surface area contributed by atoms with Crippen molar-refractivity contribution in [3.63, 3.8) is 0 Å². The van der Waals surface area contributed by atoms with Crippen molar-refractivity contribution in [1.29, 1.82) is 0 Å². The summed E-state index contributed by atoms with van der Waals surface area (Å²) in [5.41, 5.74) is 2.33. The fraction of sp³-hybridized carbons (Fsp3) is 0.667. The summed E-state index contributed by atoms with van der Waals surface area (Å²) in [5, 5.41) is 18.8. The monoisotopic (exact) mass is 196 g/mol. The molecule has 3 atom stereocenters. The molecule has 0 heterocycles. The van der Waals surface area contributed by atoms with E-state index in [2.05, 4.69) is 6.58 Å². The standard InChI is InChI=1S/C12H20O2/c1-8(2)11-6-9(3)7-12(14)10(11)4-5-13/h7,10-14H,1,4-6H2,2-3H3/t10-,11-,12-/m0/s1. The molecule has 80 valence electrons. The van der Waals surface area contributed by atoms with Gasteiger partial charge in [-0.25, -0.2) is 0 Å². The zero-order valence-electron chi connectivity index (χ0n) is 9.03. The Hall–Kier alpha value is -0.600. The van der Waals surface area contributed by atoms with Crippen molar-refractivity contribution in [2.45, 2.75) is 32.8 Å². The van der Waals surface area contributed by atoms with Gasteiger partial charge < -0.3 is 10.2 Å². The predicted octanol–water partition coefficient (Wildman–Crippen LogP) is 1.89. The zero-order valence-corrected chi connectivity index (χ0v) is 9.03. The number of hydrogen-bond acceptors (Lipinski definition) is 2. The molecule has 0 radical (unpaired) electrons. The van der Waals surface area contributed by atoms with Gasteiger partial charge in [0.2, 0.25) is 0 Å². The van der Waals surface area contributed by atoms with E-state index in [9.17, 15) is 5.11 Å². The molecular formula is C12H20O2. The smallest absolute Gasteiger partial charge is 0.0758 e. The highest BCUT2D eigenvalue weighted by Gasteiger charge is 2.30. The molecule has 0 amide bonds. The molecule has 1 aliphatic rings. The van der Waals surface area contributed by atoms with Gasteiger partial charge in [-0.15, -0.1) is 0 Å². The lowest BCUT2D eigenvalue weighted by Gasteiger charge is -2.34. The van der Waals surface area contributed by atoms with Crippen LogP contribution >= 0.6 is 0 Å². The van der Waals surface area contributed by atoms with Crippen molar-refractivity contribution in [2.75, 3.05) is 6.61 Å². The van der Waals surface area contributed by atoms with Gasteiger partial charge in [0.05, 0.1) is 6.10 Å². The fourth-order valence-corrected chi connectivity index (χ4v) is 2.28. The molecule has 0 saturated carbocycles. The van der Waals surface area contributed by atoms with Gasteiger partial charge in [0.15, 0.2) is 0 Å². The second kappa shape index (κ2) is 4.76. The van der Waals surface area contributed by atoms with E-state index in [0.717, 1.165) is 12.0 Å². The molecule has 14 heavy (non-hydrogen) atoms. The molecule has 0 spiro atoms. The van der Waals surface area contributed by atoms with Crippen molar-refractivity contribution < 1.29 is 10.2 Å². The van der Waals surface area contributed by atoms with Crippen LogP contribution in [0, 0.1) is 11.8 Å².